The van der Waals surface area contributed by atoms with Crippen LogP contribution in [0, 0.1) is 16.3 Å². The lowest BCUT2D eigenvalue weighted by Crippen LogP contribution is -2.13. The molecule has 0 fully saturated rings. The summed E-state index contributed by atoms with van der Waals surface area (Å²) in [6.07, 6.45) is 0. The molecule has 1 aromatic heterocycles. The van der Waals surface area contributed by atoms with Gasteiger partial charge in [0.15, 0.2) is 5.82 Å². The van der Waals surface area contributed by atoms with E-state index in [2.05, 4.69) is 37.3 Å². The number of carbonyl (C=O) groups excluding carboxylic acids is 1. The molecule has 0 spiro atoms. The smallest absolute Gasteiger partial charge is 0.258 e. The molecule has 3 rings (SSSR count). The zero-order chi connectivity index (χ0) is 16.4. The predicted molar refractivity (Wildman–Crippen MR) is 97.2 cm³/mol. The highest BCUT2D eigenvalue weighted by Gasteiger charge is 2.14. The highest BCUT2D eigenvalue weighted by atomic mass is 127. The molecule has 0 aliphatic carbocycles. The number of halogens is 2. The fraction of sp³-hybridized carbons (Fsp3) is 0.0625. The molecule has 0 aliphatic heterocycles. The fourth-order valence-electron chi connectivity index (χ4n) is 1.98. The van der Waals surface area contributed by atoms with Gasteiger partial charge in [0.05, 0.1) is 5.56 Å². The van der Waals surface area contributed by atoms with Crippen molar-refractivity contribution < 1.29 is 9.18 Å². The van der Waals surface area contributed by atoms with E-state index in [0.29, 0.717) is 22.1 Å². The van der Waals surface area contributed by atoms with Crippen LogP contribution in [0.25, 0.3) is 11.4 Å². The molecule has 3 aromatic rings. The van der Waals surface area contributed by atoms with Gasteiger partial charge in [0, 0.05) is 20.7 Å². The van der Waals surface area contributed by atoms with E-state index in [1.165, 1.54) is 12.1 Å². The van der Waals surface area contributed by atoms with E-state index in [-0.39, 0.29) is 11.7 Å². The van der Waals surface area contributed by atoms with Gasteiger partial charge in [-0.15, -0.1) is 0 Å². The summed E-state index contributed by atoms with van der Waals surface area (Å²) < 4.78 is 18.0. The summed E-state index contributed by atoms with van der Waals surface area (Å²) in [7, 11) is 0. The topological polar surface area (TPSA) is 54.9 Å². The van der Waals surface area contributed by atoms with E-state index in [0.717, 1.165) is 20.7 Å². The van der Waals surface area contributed by atoms with Gasteiger partial charge in [0.25, 0.3) is 5.91 Å². The maximum Gasteiger partial charge on any atom is 0.258 e. The Bertz CT molecular complexity index is 864. The molecule has 0 saturated carbocycles. The Morgan fingerprint density at radius 2 is 1.96 bits per heavy atom. The first-order valence-corrected chi connectivity index (χ1v) is 8.56. The third kappa shape index (κ3) is 3.56. The second kappa shape index (κ2) is 6.71. The first kappa shape index (κ1) is 16.0. The second-order valence-corrected chi connectivity index (χ2v) is 6.65. The minimum Gasteiger partial charge on any atom is -0.297 e. The van der Waals surface area contributed by atoms with E-state index >= 15 is 0 Å². The van der Waals surface area contributed by atoms with Crippen molar-refractivity contribution in [3.63, 3.8) is 0 Å². The summed E-state index contributed by atoms with van der Waals surface area (Å²) in [6.45, 7) is 1.95. The van der Waals surface area contributed by atoms with Crippen LogP contribution in [0.3, 0.4) is 0 Å². The average molecular weight is 439 g/mol. The number of hydrogen-bond donors (Lipinski definition) is 1. The van der Waals surface area contributed by atoms with Crippen LogP contribution in [0.15, 0.2) is 42.5 Å². The van der Waals surface area contributed by atoms with Crippen molar-refractivity contribution in [3.05, 3.63) is 63.0 Å². The van der Waals surface area contributed by atoms with Gasteiger partial charge < -0.3 is 0 Å². The van der Waals surface area contributed by atoms with E-state index in [1.807, 2.05) is 19.1 Å². The number of benzene rings is 2. The number of carbonyl (C=O) groups is 1. The lowest BCUT2D eigenvalue weighted by atomic mass is 10.1. The van der Waals surface area contributed by atoms with Crippen LogP contribution in [-0.2, 0) is 0 Å². The number of aryl methyl sites for hydroxylation is 1. The molecule has 1 heterocycles. The van der Waals surface area contributed by atoms with Crippen molar-refractivity contribution in [1.82, 2.24) is 9.36 Å². The maximum atomic E-state index is 12.9. The molecule has 0 atom stereocenters. The monoisotopic (exact) mass is 439 g/mol. The van der Waals surface area contributed by atoms with Gasteiger partial charge in [-0.2, -0.15) is 9.36 Å². The predicted octanol–water partition coefficient (Wildman–Crippen LogP) is 4.51. The number of anilines is 1. The number of rotatable bonds is 3. The van der Waals surface area contributed by atoms with E-state index in [9.17, 15) is 9.18 Å². The van der Waals surface area contributed by atoms with Gasteiger partial charge in [-0.05, 0) is 65.4 Å². The normalized spacial score (nSPS) is 10.6. The molecule has 0 aliphatic rings. The van der Waals surface area contributed by atoms with Gasteiger partial charge in [0.1, 0.15) is 5.82 Å². The molecular formula is C16H11FIN3OS. The van der Waals surface area contributed by atoms with Crippen molar-refractivity contribution in [3.8, 4) is 11.4 Å². The molecular weight excluding hydrogens is 428 g/mol. The number of aromatic nitrogens is 2. The van der Waals surface area contributed by atoms with E-state index < -0.39 is 0 Å². The van der Waals surface area contributed by atoms with Crippen molar-refractivity contribution in [2.75, 3.05) is 5.32 Å². The molecule has 0 unspecified atom stereocenters. The largest absolute Gasteiger partial charge is 0.297 e. The molecule has 0 bridgehead atoms. The maximum absolute atomic E-state index is 12.9. The number of nitrogens with one attached hydrogen (secondary N) is 1. The summed E-state index contributed by atoms with van der Waals surface area (Å²) >= 11 is 3.24. The molecule has 23 heavy (non-hydrogen) atoms. The van der Waals surface area contributed by atoms with Gasteiger partial charge in [-0.3, -0.25) is 10.1 Å². The lowest BCUT2D eigenvalue weighted by molar-refractivity contribution is 0.102. The van der Waals surface area contributed by atoms with Crippen molar-refractivity contribution in [1.29, 1.82) is 0 Å². The van der Waals surface area contributed by atoms with Crippen LogP contribution < -0.4 is 5.32 Å². The Balaban J connectivity index is 1.80. The Kier molecular flexibility index (Phi) is 4.67. The molecule has 1 N–H and O–H groups in total. The molecule has 0 saturated heterocycles. The van der Waals surface area contributed by atoms with Gasteiger partial charge in [0.2, 0.25) is 5.13 Å². The third-order valence-electron chi connectivity index (χ3n) is 3.19. The molecule has 4 nitrogen and oxygen atoms in total. The van der Waals surface area contributed by atoms with Crippen LogP contribution in [0.5, 0.6) is 0 Å². The van der Waals surface area contributed by atoms with Crippen molar-refractivity contribution in [2.45, 2.75) is 6.92 Å². The summed E-state index contributed by atoms with van der Waals surface area (Å²) in [5.41, 5.74) is 2.35. The van der Waals surface area contributed by atoms with Crippen molar-refractivity contribution in [2.24, 2.45) is 0 Å². The van der Waals surface area contributed by atoms with E-state index in [4.69, 9.17) is 0 Å². The third-order valence-corrected chi connectivity index (χ3v) is 5.25. The highest BCUT2D eigenvalue weighted by molar-refractivity contribution is 14.1. The van der Waals surface area contributed by atoms with Crippen LogP contribution in [0.1, 0.15) is 15.9 Å². The highest BCUT2D eigenvalue weighted by Crippen LogP contribution is 2.23. The second-order valence-electron chi connectivity index (χ2n) is 4.82. The van der Waals surface area contributed by atoms with Crippen LogP contribution >= 0.6 is 34.1 Å². The van der Waals surface area contributed by atoms with Gasteiger partial charge in [-0.25, -0.2) is 4.39 Å². The first-order chi connectivity index (χ1) is 11.0. The Morgan fingerprint density at radius 1 is 1.22 bits per heavy atom. The summed E-state index contributed by atoms with van der Waals surface area (Å²) in [5.74, 6) is -0.0735. The molecule has 2 aromatic carbocycles. The zero-order valence-corrected chi connectivity index (χ0v) is 15.0. The first-order valence-electron chi connectivity index (χ1n) is 6.70. The summed E-state index contributed by atoms with van der Waals surface area (Å²) in [5, 5.41) is 3.16. The molecule has 0 radical (unpaired) electrons. The van der Waals surface area contributed by atoms with E-state index in [1.54, 1.807) is 18.2 Å². The Morgan fingerprint density at radius 3 is 2.70 bits per heavy atom. The zero-order valence-electron chi connectivity index (χ0n) is 12.0. The number of nitrogens with zero attached hydrogens (tertiary/aromatic N) is 2. The van der Waals surface area contributed by atoms with Crippen LogP contribution in [0.4, 0.5) is 9.52 Å². The van der Waals surface area contributed by atoms with Crippen LogP contribution in [-0.4, -0.2) is 15.3 Å². The number of amides is 1. The van der Waals surface area contributed by atoms with Gasteiger partial charge in [-0.1, -0.05) is 12.1 Å². The lowest BCUT2D eigenvalue weighted by Gasteiger charge is -2.06. The summed E-state index contributed by atoms with van der Waals surface area (Å²) in [4.78, 5) is 16.6. The molecule has 7 heteroatoms. The number of hydrogen-bond acceptors (Lipinski definition) is 4. The Hall–Kier alpha value is -1.87. The van der Waals surface area contributed by atoms with Crippen LogP contribution in [0.2, 0.25) is 0 Å². The molecule has 1 amide bonds. The minimum absolute atomic E-state index is 0.222. The quantitative estimate of drug-likeness (QED) is 0.612. The minimum atomic E-state index is -0.313. The average Bonchev–Trinajstić information content (AvgIpc) is 2.99. The fourth-order valence-corrected chi connectivity index (χ4v) is 3.17. The van der Waals surface area contributed by atoms with Crippen molar-refractivity contribution >= 4 is 45.2 Å². The summed E-state index contributed by atoms with van der Waals surface area (Å²) in [6, 6.07) is 11.5. The molecule has 116 valence electrons. The standard InChI is InChI=1S/C16H11FIN3OS/c1-9-3-2-4-12(13(9)18)15(22)20-16-19-14(21-23-16)10-5-7-11(17)8-6-10/h2-8H,1H3,(H,19,20,21,22). The van der Waals surface area contributed by atoms with Gasteiger partial charge >= 0.3 is 0 Å². The Labute approximate surface area is 150 Å². The SMILES string of the molecule is Cc1cccc(C(=O)Nc2nc(-c3ccc(F)cc3)ns2)c1I.